The van der Waals surface area contributed by atoms with E-state index in [-0.39, 0.29) is 12.4 Å². The number of fused-ring (bicyclic) bond motifs is 1. The number of nitrogens with one attached hydrogen (secondary N) is 1. The van der Waals surface area contributed by atoms with Crippen LogP contribution in [0.3, 0.4) is 0 Å². The molecule has 9 heteroatoms. The second kappa shape index (κ2) is 7.57. The third-order valence-corrected chi connectivity index (χ3v) is 4.11. The molecule has 1 N–H and O–H groups in total. The molecule has 0 unspecified atom stereocenters. The monoisotopic (exact) mass is 397 g/mol. The van der Waals surface area contributed by atoms with E-state index in [1.54, 1.807) is 29.8 Å². The van der Waals surface area contributed by atoms with Crippen molar-refractivity contribution in [1.82, 2.24) is 9.55 Å². The van der Waals surface area contributed by atoms with Gasteiger partial charge in [0.1, 0.15) is 17.5 Å². The predicted octanol–water partition coefficient (Wildman–Crippen LogP) is 4.95. The molecule has 3 aromatic rings. The van der Waals surface area contributed by atoms with Gasteiger partial charge in [0.2, 0.25) is 5.91 Å². The Labute approximate surface area is 157 Å². The molecule has 4 nitrogen and oxygen atoms in total. The zero-order valence-electron chi connectivity index (χ0n) is 14.8. The second-order valence-corrected chi connectivity index (χ2v) is 6.44. The average molecular weight is 397 g/mol. The van der Waals surface area contributed by atoms with E-state index in [4.69, 9.17) is 0 Å². The summed E-state index contributed by atoms with van der Waals surface area (Å²) in [5.74, 6) is -1.95. The standard InChI is InChI=1S/C19H16F5N3O/c1-11-6-16-15(25-18(11)26-17(28)2-4-19(22,23)24)3-5-27(16)10-12-7-13(20)9-14(21)8-12/h3,5-9H,2,4,10H2,1H3,(H,25,26,28). The molecule has 0 bridgehead atoms. The minimum atomic E-state index is -4.41. The first kappa shape index (κ1) is 19.8. The van der Waals surface area contributed by atoms with Crippen molar-refractivity contribution in [3.8, 4) is 0 Å². The van der Waals surface area contributed by atoms with E-state index in [2.05, 4.69) is 10.3 Å². The molecule has 148 valence electrons. The van der Waals surface area contributed by atoms with Gasteiger partial charge >= 0.3 is 6.18 Å². The van der Waals surface area contributed by atoms with Crippen molar-refractivity contribution in [3.05, 3.63) is 59.3 Å². The summed E-state index contributed by atoms with van der Waals surface area (Å²) in [5, 5.41) is 2.39. The maximum Gasteiger partial charge on any atom is 0.389 e. The van der Waals surface area contributed by atoms with Crippen LogP contribution >= 0.6 is 0 Å². The summed E-state index contributed by atoms with van der Waals surface area (Å²) in [6, 6.07) is 6.60. The minimum absolute atomic E-state index is 0.175. The number of anilines is 1. The van der Waals surface area contributed by atoms with Gasteiger partial charge < -0.3 is 9.88 Å². The van der Waals surface area contributed by atoms with Crippen LogP contribution in [-0.2, 0) is 11.3 Å². The number of rotatable bonds is 5. The van der Waals surface area contributed by atoms with Gasteiger partial charge in [-0.3, -0.25) is 4.79 Å². The molecule has 0 radical (unpaired) electrons. The number of halogens is 5. The van der Waals surface area contributed by atoms with E-state index < -0.39 is 36.6 Å². The molecule has 0 aliphatic rings. The van der Waals surface area contributed by atoms with Crippen LogP contribution in [0.5, 0.6) is 0 Å². The zero-order chi connectivity index (χ0) is 20.5. The van der Waals surface area contributed by atoms with Gasteiger partial charge in [0.15, 0.2) is 0 Å². The Bertz CT molecular complexity index is 1010. The SMILES string of the molecule is Cc1cc2c(ccn2Cc2cc(F)cc(F)c2)nc1NC(=O)CCC(F)(F)F. The molecule has 0 aliphatic heterocycles. The number of nitrogens with zero attached hydrogens (tertiary/aromatic N) is 2. The second-order valence-electron chi connectivity index (χ2n) is 6.44. The molecule has 0 saturated carbocycles. The Morgan fingerprint density at radius 2 is 1.82 bits per heavy atom. The van der Waals surface area contributed by atoms with Gasteiger partial charge in [-0.2, -0.15) is 13.2 Å². The normalized spacial score (nSPS) is 11.8. The topological polar surface area (TPSA) is 46.9 Å². The predicted molar refractivity (Wildman–Crippen MR) is 93.8 cm³/mol. The molecule has 2 heterocycles. The summed E-state index contributed by atoms with van der Waals surface area (Å²) < 4.78 is 65.2. The lowest BCUT2D eigenvalue weighted by Gasteiger charge is -2.11. The highest BCUT2D eigenvalue weighted by molar-refractivity contribution is 5.92. The third kappa shape index (κ3) is 4.85. The number of aromatic nitrogens is 2. The maximum absolute atomic E-state index is 13.4. The van der Waals surface area contributed by atoms with Crippen molar-refractivity contribution in [1.29, 1.82) is 0 Å². The van der Waals surface area contributed by atoms with Gasteiger partial charge in [0.05, 0.1) is 17.5 Å². The van der Waals surface area contributed by atoms with E-state index in [1.165, 1.54) is 12.1 Å². The van der Waals surface area contributed by atoms with Gasteiger partial charge in [0, 0.05) is 25.2 Å². The van der Waals surface area contributed by atoms with Crippen LogP contribution in [0.25, 0.3) is 11.0 Å². The fourth-order valence-electron chi connectivity index (χ4n) is 2.82. The Balaban J connectivity index is 1.80. The van der Waals surface area contributed by atoms with Crippen LogP contribution < -0.4 is 5.32 Å². The lowest BCUT2D eigenvalue weighted by Crippen LogP contribution is -2.17. The van der Waals surface area contributed by atoms with E-state index in [9.17, 15) is 26.7 Å². The number of alkyl halides is 3. The molecule has 0 atom stereocenters. The van der Waals surface area contributed by atoms with Gasteiger partial charge in [-0.25, -0.2) is 13.8 Å². The minimum Gasteiger partial charge on any atom is -0.342 e. The first-order valence-corrected chi connectivity index (χ1v) is 8.39. The molecule has 3 rings (SSSR count). The molecule has 0 spiro atoms. The van der Waals surface area contributed by atoms with E-state index >= 15 is 0 Å². The lowest BCUT2D eigenvalue weighted by molar-refractivity contribution is -0.142. The molecular weight excluding hydrogens is 381 g/mol. The number of hydrogen-bond acceptors (Lipinski definition) is 2. The largest absolute Gasteiger partial charge is 0.389 e. The fourth-order valence-corrected chi connectivity index (χ4v) is 2.82. The molecule has 1 aromatic carbocycles. The van der Waals surface area contributed by atoms with E-state index in [0.29, 0.717) is 22.2 Å². The van der Waals surface area contributed by atoms with E-state index in [1.807, 2.05) is 0 Å². The quantitative estimate of drug-likeness (QED) is 0.619. The molecule has 0 aliphatic carbocycles. The highest BCUT2D eigenvalue weighted by atomic mass is 19.4. The Morgan fingerprint density at radius 1 is 1.14 bits per heavy atom. The number of carbonyl (C=O) groups excluding carboxylic acids is 1. The number of carbonyl (C=O) groups is 1. The summed E-state index contributed by atoms with van der Waals surface area (Å²) in [6.07, 6.45) is -4.62. The number of pyridine rings is 1. The number of aryl methyl sites for hydroxylation is 1. The van der Waals surface area contributed by atoms with Crippen LogP contribution in [0, 0.1) is 18.6 Å². The van der Waals surface area contributed by atoms with Crippen LogP contribution in [0.1, 0.15) is 24.0 Å². The van der Waals surface area contributed by atoms with Crippen molar-refractivity contribution in [2.24, 2.45) is 0 Å². The van der Waals surface area contributed by atoms with Gasteiger partial charge in [-0.15, -0.1) is 0 Å². The summed E-state index contributed by atoms with van der Waals surface area (Å²) in [4.78, 5) is 16.0. The summed E-state index contributed by atoms with van der Waals surface area (Å²) in [5.41, 5.74) is 2.14. The molecule has 1 amide bonds. The van der Waals surface area contributed by atoms with Crippen LogP contribution in [0.2, 0.25) is 0 Å². The van der Waals surface area contributed by atoms with Crippen LogP contribution in [0.15, 0.2) is 36.5 Å². The average Bonchev–Trinajstić information content (AvgIpc) is 2.93. The van der Waals surface area contributed by atoms with Gasteiger partial charge in [-0.05, 0) is 42.3 Å². The fraction of sp³-hybridized carbons (Fsp3) is 0.263. The first-order chi connectivity index (χ1) is 13.1. The van der Waals surface area contributed by atoms with Crippen molar-refractivity contribution in [3.63, 3.8) is 0 Å². The molecule has 2 aromatic heterocycles. The third-order valence-electron chi connectivity index (χ3n) is 4.11. The number of hydrogen-bond donors (Lipinski definition) is 1. The molecule has 28 heavy (non-hydrogen) atoms. The molecular formula is C19H16F5N3O. The molecule has 0 fully saturated rings. The number of benzene rings is 1. The highest BCUT2D eigenvalue weighted by Crippen LogP contribution is 2.24. The summed E-state index contributed by atoms with van der Waals surface area (Å²) in [6.45, 7) is 1.86. The van der Waals surface area contributed by atoms with Crippen molar-refractivity contribution >= 4 is 22.8 Å². The van der Waals surface area contributed by atoms with Crippen molar-refractivity contribution in [2.75, 3.05) is 5.32 Å². The zero-order valence-corrected chi connectivity index (χ0v) is 14.8. The van der Waals surface area contributed by atoms with Crippen molar-refractivity contribution in [2.45, 2.75) is 32.5 Å². The Morgan fingerprint density at radius 3 is 2.46 bits per heavy atom. The smallest absolute Gasteiger partial charge is 0.342 e. The number of amides is 1. The summed E-state index contributed by atoms with van der Waals surface area (Å²) in [7, 11) is 0. The van der Waals surface area contributed by atoms with Gasteiger partial charge in [0.25, 0.3) is 0 Å². The van der Waals surface area contributed by atoms with E-state index in [0.717, 1.165) is 6.07 Å². The summed E-state index contributed by atoms with van der Waals surface area (Å²) >= 11 is 0. The van der Waals surface area contributed by atoms with Crippen LogP contribution in [0.4, 0.5) is 27.8 Å². The van der Waals surface area contributed by atoms with Gasteiger partial charge in [-0.1, -0.05) is 0 Å². The molecule has 0 saturated heterocycles. The maximum atomic E-state index is 13.4. The van der Waals surface area contributed by atoms with Crippen molar-refractivity contribution < 1.29 is 26.7 Å². The lowest BCUT2D eigenvalue weighted by atomic mass is 10.2. The Hall–Kier alpha value is -2.97. The first-order valence-electron chi connectivity index (χ1n) is 8.39. The Kier molecular flexibility index (Phi) is 5.35. The highest BCUT2D eigenvalue weighted by Gasteiger charge is 2.28. The van der Waals surface area contributed by atoms with Crippen LogP contribution in [-0.4, -0.2) is 21.6 Å².